The van der Waals surface area contributed by atoms with E-state index in [1.807, 2.05) is 0 Å². The zero-order chi connectivity index (χ0) is 11.5. The summed E-state index contributed by atoms with van der Waals surface area (Å²) >= 11 is 1.27. The van der Waals surface area contributed by atoms with Crippen LogP contribution in [0.25, 0.3) is 0 Å². The third kappa shape index (κ3) is 2.32. The topological polar surface area (TPSA) is 42.9 Å². The van der Waals surface area contributed by atoms with Crippen LogP contribution in [0.5, 0.6) is 0 Å². The highest BCUT2D eigenvalue weighted by Crippen LogP contribution is 2.30. The molecule has 0 saturated heterocycles. The van der Waals surface area contributed by atoms with Gasteiger partial charge in [0.05, 0.1) is 5.69 Å². The molecule has 1 saturated carbocycles. The molecule has 0 aromatic carbocycles. The molecule has 1 fully saturated rings. The molecule has 0 spiro atoms. The van der Waals surface area contributed by atoms with Crippen LogP contribution < -0.4 is 0 Å². The van der Waals surface area contributed by atoms with E-state index in [0.29, 0.717) is 11.7 Å². The Bertz CT molecular complexity index is 367. The van der Waals surface area contributed by atoms with Crippen LogP contribution in [0.15, 0.2) is 0 Å². The maximum atomic E-state index is 12.3. The number of rotatable bonds is 3. The number of carbonyl (C=O) groups is 1. The molecule has 1 heterocycles. The Morgan fingerprint density at radius 2 is 2.00 bits per heavy atom. The maximum Gasteiger partial charge on any atom is 0.179 e. The van der Waals surface area contributed by atoms with E-state index < -0.39 is 0 Å². The van der Waals surface area contributed by atoms with Crippen molar-refractivity contribution in [2.24, 2.45) is 5.92 Å². The summed E-state index contributed by atoms with van der Waals surface area (Å²) in [5, 5.41) is 4.08. The normalized spacial score (nSPS) is 17.9. The van der Waals surface area contributed by atoms with Gasteiger partial charge in [0.15, 0.2) is 5.78 Å². The fraction of sp³-hybridized carbons (Fsp3) is 0.750. The molecule has 2 rings (SSSR count). The number of Topliss-reactive ketones (excluding diaryl/α,β-unsaturated/α-hetero) is 1. The lowest BCUT2D eigenvalue weighted by atomic mass is 9.85. The summed E-state index contributed by atoms with van der Waals surface area (Å²) in [5.74, 6) is 0.813. The van der Waals surface area contributed by atoms with Crippen molar-refractivity contribution in [2.75, 3.05) is 0 Å². The summed E-state index contributed by atoms with van der Waals surface area (Å²) in [6, 6.07) is 0. The molecule has 0 amide bonds. The van der Waals surface area contributed by atoms with Gasteiger partial charge in [0.1, 0.15) is 4.88 Å². The predicted octanol–water partition coefficient (Wildman–Crippen LogP) is 3.42. The molecular formula is C12H18N2OS. The molecule has 88 valence electrons. The first-order valence-corrected chi connectivity index (χ1v) is 6.84. The van der Waals surface area contributed by atoms with E-state index in [0.717, 1.165) is 23.4 Å². The summed E-state index contributed by atoms with van der Waals surface area (Å²) in [6.45, 7) is 4.13. The van der Waals surface area contributed by atoms with Gasteiger partial charge in [0.2, 0.25) is 0 Å². The molecule has 0 aliphatic heterocycles. The van der Waals surface area contributed by atoms with Crippen molar-refractivity contribution in [2.45, 2.75) is 51.9 Å². The van der Waals surface area contributed by atoms with Crippen molar-refractivity contribution in [1.29, 1.82) is 0 Å². The summed E-state index contributed by atoms with van der Waals surface area (Å²) in [7, 11) is 0. The summed E-state index contributed by atoms with van der Waals surface area (Å²) in [6.07, 6.45) is 5.77. The van der Waals surface area contributed by atoms with Crippen LogP contribution >= 0.6 is 11.5 Å². The third-order valence-corrected chi connectivity index (χ3v) is 4.02. The quantitative estimate of drug-likeness (QED) is 0.758. The Balaban J connectivity index is 2.16. The second-order valence-corrected chi connectivity index (χ2v) is 5.60. The lowest BCUT2D eigenvalue weighted by Gasteiger charge is -2.19. The predicted molar refractivity (Wildman–Crippen MR) is 64.9 cm³/mol. The first-order chi connectivity index (χ1) is 7.70. The Kier molecular flexibility index (Phi) is 3.69. The lowest BCUT2D eigenvalue weighted by Crippen LogP contribution is -2.18. The highest BCUT2D eigenvalue weighted by atomic mass is 32.1. The fourth-order valence-corrected chi connectivity index (χ4v) is 3.13. The van der Waals surface area contributed by atoms with Gasteiger partial charge in [-0.15, -0.1) is 5.10 Å². The Hall–Kier alpha value is -0.770. The van der Waals surface area contributed by atoms with Crippen molar-refractivity contribution >= 4 is 17.3 Å². The molecular weight excluding hydrogens is 220 g/mol. The van der Waals surface area contributed by atoms with Gasteiger partial charge in [-0.25, -0.2) is 0 Å². The molecule has 16 heavy (non-hydrogen) atoms. The lowest BCUT2D eigenvalue weighted by molar-refractivity contribution is 0.0892. The number of carbonyl (C=O) groups excluding carboxylic acids is 1. The monoisotopic (exact) mass is 238 g/mol. The third-order valence-electron chi connectivity index (χ3n) is 3.26. The molecule has 1 aliphatic carbocycles. The zero-order valence-corrected chi connectivity index (χ0v) is 10.7. The minimum absolute atomic E-state index is 0.230. The standard InChI is InChI=1S/C12H18N2OS/c1-8(2)10-12(16-14-13-10)11(15)9-6-4-3-5-7-9/h8-9H,3-7H2,1-2H3. The average Bonchev–Trinajstić information content (AvgIpc) is 2.78. The highest BCUT2D eigenvalue weighted by Gasteiger charge is 2.27. The average molecular weight is 238 g/mol. The van der Waals surface area contributed by atoms with Gasteiger partial charge in [0.25, 0.3) is 0 Å². The van der Waals surface area contributed by atoms with Crippen LogP contribution in [0.1, 0.15) is 67.2 Å². The molecule has 0 unspecified atom stereocenters. The minimum Gasteiger partial charge on any atom is -0.293 e. The largest absolute Gasteiger partial charge is 0.293 e. The Morgan fingerprint density at radius 3 is 2.62 bits per heavy atom. The van der Waals surface area contributed by atoms with Crippen LogP contribution in [0.4, 0.5) is 0 Å². The second kappa shape index (κ2) is 5.04. The molecule has 0 N–H and O–H groups in total. The van der Waals surface area contributed by atoms with E-state index in [4.69, 9.17) is 0 Å². The van der Waals surface area contributed by atoms with Crippen LogP contribution in [0.3, 0.4) is 0 Å². The SMILES string of the molecule is CC(C)c1nnsc1C(=O)C1CCCCC1. The number of nitrogens with zero attached hydrogens (tertiary/aromatic N) is 2. The fourth-order valence-electron chi connectivity index (χ4n) is 2.30. The van der Waals surface area contributed by atoms with Gasteiger partial charge in [-0.2, -0.15) is 0 Å². The van der Waals surface area contributed by atoms with E-state index in [1.165, 1.54) is 30.8 Å². The van der Waals surface area contributed by atoms with Crippen LogP contribution in [-0.4, -0.2) is 15.4 Å². The highest BCUT2D eigenvalue weighted by molar-refractivity contribution is 7.08. The van der Waals surface area contributed by atoms with Crippen molar-refractivity contribution in [3.8, 4) is 0 Å². The van der Waals surface area contributed by atoms with Gasteiger partial charge in [0, 0.05) is 5.92 Å². The van der Waals surface area contributed by atoms with Gasteiger partial charge < -0.3 is 0 Å². The summed E-state index contributed by atoms with van der Waals surface area (Å²) < 4.78 is 3.93. The summed E-state index contributed by atoms with van der Waals surface area (Å²) in [5.41, 5.74) is 0.889. The number of ketones is 1. The molecule has 0 atom stereocenters. The van der Waals surface area contributed by atoms with E-state index in [2.05, 4.69) is 23.4 Å². The van der Waals surface area contributed by atoms with Crippen LogP contribution in [0, 0.1) is 5.92 Å². The van der Waals surface area contributed by atoms with Gasteiger partial charge in [-0.1, -0.05) is 37.6 Å². The first-order valence-electron chi connectivity index (χ1n) is 6.06. The first kappa shape index (κ1) is 11.7. The van der Waals surface area contributed by atoms with Gasteiger partial charge in [-0.3, -0.25) is 4.79 Å². The zero-order valence-electron chi connectivity index (χ0n) is 9.90. The van der Waals surface area contributed by atoms with Crippen LogP contribution in [0.2, 0.25) is 0 Å². The number of aromatic nitrogens is 2. The summed E-state index contributed by atoms with van der Waals surface area (Å²) in [4.78, 5) is 13.1. The molecule has 0 radical (unpaired) electrons. The van der Waals surface area contributed by atoms with Gasteiger partial charge in [-0.05, 0) is 30.3 Å². The number of hydrogen-bond donors (Lipinski definition) is 0. The van der Waals surface area contributed by atoms with Gasteiger partial charge >= 0.3 is 0 Å². The Morgan fingerprint density at radius 1 is 1.31 bits per heavy atom. The maximum absolute atomic E-state index is 12.3. The van der Waals surface area contributed by atoms with Crippen molar-refractivity contribution in [1.82, 2.24) is 9.59 Å². The minimum atomic E-state index is 0.230. The molecule has 4 heteroatoms. The smallest absolute Gasteiger partial charge is 0.179 e. The second-order valence-electron chi connectivity index (χ2n) is 4.84. The van der Waals surface area contributed by atoms with E-state index >= 15 is 0 Å². The van der Waals surface area contributed by atoms with Crippen molar-refractivity contribution in [3.05, 3.63) is 10.6 Å². The van der Waals surface area contributed by atoms with E-state index in [-0.39, 0.29) is 5.92 Å². The van der Waals surface area contributed by atoms with Crippen molar-refractivity contribution in [3.63, 3.8) is 0 Å². The van der Waals surface area contributed by atoms with E-state index in [1.54, 1.807) is 0 Å². The van der Waals surface area contributed by atoms with Crippen LogP contribution in [-0.2, 0) is 0 Å². The molecule has 1 aromatic heterocycles. The molecule has 3 nitrogen and oxygen atoms in total. The molecule has 0 bridgehead atoms. The molecule has 1 aliphatic rings. The number of hydrogen-bond acceptors (Lipinski definition) is 4. The Labute approximate surface area is 100 Å². The van der Waals surface area contributed by atoms with Crippen molar-refractivity contribution < 1.29 is 4.79 Å². The molecule has 1 aromatic rings. The van der Waals surface area contributed by atoms with E-state index in [9.17, 15) is 4.79 Å².